The number of hydrogen-bond donors (Lipinski definition) is 2. The fourth-order valence-electron chi connectivity index (χ4n) is 3.24. The van der Waals surface area contributed by atoms with Gasteiger partial charge in [0.1, 0.15) is 12.6 Å². The number of carboxylic acids is 1. The van der Waals surface area contributed by atoms with Gasteiger partial charge in [0.2, 0.25) is 5.91 Å². The van der Waals surface area contributed by atoms with Crippen LogP contribution in [0.5, 0.6) is 0 Å². The number of anilines is 1. The molecule has 9 heteroatoms. The van der Waals surface area contributed by atoms with E-state index < -0.39 is 35.6 Å². The summed E-state index contributed by atoms with van der Waals surface area (Å²) < 4.78 is 0. The molecule has 2 atom stereocenters. The van der Waals surface area contributed by atoms with Gasteiger partial charge in [-0.1, -0.05) is 54.2 Å². The van der Waals surface area contributed by atoms with E-state index in [-0.39, 0.29) is 10.9 Å². The molecule has 2 amide bonds. The Morgan fingerprint density at radius 1 is 1.16 bits per heavy atom. The summed E-state index contributed by atoms with van der Waals surface area (Å²) in [6, 6.07) is 15.5. The summed E-state index contributed by atoms with van der Waals surface area (Å²) in [6.45, 7) is 0.895. The van der Waals surface area contributed by atoms with Gasteiger partial charge in [0, 0.05) is 17.6 Å². The van der Waals surface area contributed by atoms with Crippen molar-refractivity contribution in [3.05, 3.63) is 60.2 Å². The molecule has 0 fully saturated rings. The molecular formula is C22H22N2O5S2. The Morgan fingerprint density at radius 3 is 2.52 bits per heavy atom. The van der Waals surface area contributed by atoms with Crippen LogP contribution in [0.15, 0.2) is 59.5 Å². The minimum absolute atomic E-state index is 0.197. The maximum atomic E-state index is 13.1. The molecule has 7 nitrogen and oxygen atoms in total. The van der Waals surface area contributed by atoms with Crippen LogP contribution in [0.25, 0.3) is 0 Å². The number of thioether (sulfide) groups is 2. The number of carbonyl (C=O) groups excluding carboxylic acids is 3. The van der Waals surface area contributed by atoms with Crippen LogP contribution < -0.4 is 10.2 Å². The zero-order valence-corrected chi connectivity index (χ0v) is 18.4. The highest BCUT2D eigenvalue weighted by molar-refractivity contribution is 8.14. The van der Waals surface area contributed by atoms with E-state index in [0.717, 1.165) is 22.2 Å². The van der Waals surface area contributed by atoms with E-state index in [1.54, 1.807) is 12.1 Å². The molecule has 2 N–H and O–H groups in total. The van der Waals surface area contributed by atoms with Crippen molar-refractivity contribution in [2.24, 2.45) is 0 Å². The van der Waals surface area contributed by atoms with E-state index in [0.29, 0.717) is 12.1 Å². The lowest BCUT2D eigenvalue weighted by Crippen LogP contribution is -2.52. The zero-order valence-electron chi connectivity index (χ0n) is 16.8. The summed E-state index contributed by atoms with van der Waals surface area (Å²) >= 11 is 2.30. The highest BCUT2D eigenvalue weighted by atomic mass is 32.2. The molecule has 2 aromatic carbocycles. The van der Waals surface area contributed by atoms with Gasteiger partial charge in [-0.05, 0) is 24.1 Å². The molecule has 0 radical (unpaired) electrons. The lowest BCUT2D eigenvalue weighted by Gasteiger charge is -2.25. The Balaban J connectivity index is 1.80. The maximum absolute atomic E-state index is 13.1. The Bertz CT molecular complexity index is 983. The summed E-state index contributed by atoms with van der Waals surface area (Å²) in [5, 5.41) is 11.2. The molecule has 0 aliphatic carbocycles. The summed E-state index contributed by atoms with van der Waals surface area (Å²) in [7, 11) is 0. The second-order valence-corrected chi connectivity index (χ2v) is 9.39. The third-order valence-corrected chi connectivity index (χ3v) is 6.75. The normalized spacial score (nSPS) is 16.7. The number of carboxylic acid groups (broad SMARTS) is 1. The number of rotatable bonds is 7. The van der Waals surface area contributed by atoms with Crippen LogP contribution >= 0.6 is 23.5 Å². The third kappa shape index (κ3) is 6.11. The summed E-state index contributed by atoms with van der Waals surface area (Å²) in [5.41, 5.74) is 1.41. The fraction of sp³-hybridized carbons (Fsp3) is 0.273. The Hall–Kier alpha value is -2.78. The average Bonchev–Trinajstić information content (AvgIpc) is 2.86. The average molecular weight is 459 g/mol. The van der Waals surface area contributed by atoms with Gasteiger partial charge in [0.15, 0.2) is 5.12 Å². The van der Waals surface area contributed by atoms with Crippen LogP contribution in [0.3, 0.4) is 0 Å². The van der Waals surface area contributed by atoms with Gasteiger partial charge in [-0.3, -0.25) is 24.1 Å². The van der Waals surface area contributed by atoms with Gasteiger partial charge in [0.05, 0.1) is 10.9 Å². The molecule has 1 unspecified atom stereocenters. The number of aliphatic carboxylic acids is 1. The van der Waals surface area contributed by atoms with Crippen LogP contribution in [0.2, 0.25) is 0 Å². The summed E-state index contributed by atoms with van der Waals surface area (Å²) in [5.74, 6) is -1.79. The predicted octanol–water partition coefficient (Wildman–Crippen LogP) is 2.59. The topological polar surface area (TPSA) is 104 Å². The van der Waals surface area contributed by atoms with E-state index in [9.17, 15) is 24.3 Å². The standard InChI is InChI=1S/C22H22N2O5S2/c1-14(25)31-19(11-15-7-3-2-4-8-15)21(28)23-16-13-30-18-10-6-5-9-17(18)24(22(16)29)12-20(26)27/h2-10,16,19H,11-13H2,1H3,(H,23,28)(H,26,27)/t16?,19-/m1/s1. The highest BCUT2D eigenvalue weighted by Crippen LogP contribution is 2.34. The van der Waals surface area contributed by atoms with Gasteiger partial charge < -0.3 is 10.4 Å². The number of amides is 2. The molecule has 1 aliphatic heterocycles. The number of benzene rings is 2. The van der Waals surface area contributed by atoms with Crippen molar-refractivity contribution in [1.82, 2.24) is 5.32 Å². The molecule has 0 saturated heterocycles. The first-order valence-corrected chi connectivity index (χ1v) is 11.5. The van der Waals surface area contributed by atoms with E-state index in [1.165, 1.54) is 23.6 Å². The molecular weight excluding hydrogens is 436 g/mol. The lowest BCUT2D eigenvalue weighted by atomic mass is 10.1. The van der Waals surface area contributed by atoms with Gasteiger partial charge in [-0.2, -0.15) is 0 Å². The molecule has 0 bridgehead atoms. The molecule has 0 saturated carbocycles. The molecule has 2 aromatic rings. The number of hydrogen-bond acceptors (Lipinski definition) is 6. The molecule has 0 aromatic heterocycles. The van der Waals surface area contributed by atoms with E-state index in [4.69, 9.17) is 0 Å². The van der Waals surface area contributed by atoms with Gasteiger partial charge in [-0.15, -0.1) is 11.8 Å². The zero-order chi connectivity index (χ0) is 22.4. The number of fused-ring (bicyclic) bond motifs is 1. The maximum Gasteiger partial charge on any atom is 0.323 e. The van der Waals surface area contributed by atoms with Crippen molar-refractivity contribution >= 4 is 52.1 Å². The number of nitrogens with zero attached hydrogens (tertiary/aromatic N) is 1. The monoisotopic (exact) mass is 458 g/mol. The Morgan fingerprint density at radius 2 is 1.84 bits per heavy atom. The fourth-order valence-corrected chi connectivity index (χ4v) is 5.16. The predicted molar refractivity (Wildman–Crippen MR) is 121 cm³/mol. The molecule has 31 heavy (non-hydrogen) atoms. The SMILES string of the molecule is CC(=O)S[C@H](Cc1ccccc1)C(=O)NC1CSc2ccccc2N(CC(=O)O)C1=O. The van der Waals surface area contributed by atoms with E-state index in [1.807, 2.05) is 42.5 Å². The van der Waals surface area contributed by atoms with E-state index >= 15 is 0 Å². The first kappa shape index (κ1) is 22.9. The molecule has 162 valence electrons. The van der Waals surface area contributed by atoms with Crippen LogP contribution in [0.4, 0.5) is 5.69 Å². The second-order valence-electron chi connectivity index (χ2n) is 6.95. The van der Waals surface area contributed by atoms with Crippen molar-refractivity contribution in [3.63, 3.8) is 0 Å². The van der Waals surface area contributed by atoms with Crippen molar-refractivity contribution in [2.75, 3.05) is 17.2 Å². The largest absolute Gasteiger partial charge is 0.480 e. The molecule has 3 rings (SSSR count). The van der Waals surface area contributed by atoms with Crippen LogP contribution in [0, 0.1) is 0 Å². The van der Waals surface area contributed by atoms with Crippen LogP contribution in [-0.4, -0.2) is 51.6 Å². The smallest absolute Gasteiger partial charge is 0.323 e. The first-order chi connectivity index (χ1) is 14.8. The van der Waals surface area contributed by atoms with Crippen molar-refractivity contribution in [1.29, 1.82) is 0 Å². The molecule has 0 spiro atoms. The van der Waals surface area contributed by atoms with Crippen molar-refractivity contribution in [3.8, 4) is 0 Å². The van der Waals surface area contributed by atoms with Gasteiger partial charge >= 0.3 is 5.97 Å². The van der Waals surface area contributed by atoms with E-state index in [2.05, 4.69) is 5.32 Å². The first-order valence-electron chi connectivity index (χ1n) is 9.61. The van der Waals surface area contributed by atoms with Crippen LogP contribution in [0.1, 0.15) is 12.5 Å². The van der Waals surface area contributed by atoms with Crippen molar-refractivity contribution < 1.29 is 24.3 Å². The minimum Gasteiger partial charge on any atom is -0.480 e. The van der Waals surface area contributed by atoms with Crippen molar-refractivity contribution in [2.45, 2.75) is 29.5 Å². The van der Waals surface area contributed by atoms with Gasteiger partial charge in [0.25, 0.3) is 5.91 Å². The molecule has 1 aliphatic rings. The Labute approximate surface area is 188 Å². The lowest BCUT2D eigenvalue weighted by molar-refractivity contribution is -0.137. The minimum atomic E-state index is -1.14. The number of para-hydroxylation sites is 1. The Kier molecular flexibility index (Phi) is 7.75. The second kappa shape index (κ2) is 10.5. The van der Waals surface area contributed by atoms with Gasteiger partial charge in [-0.25, -0.2) is 0 Å². The number of carbonyl (C=O) groups is 4. The van der Waals surface area contributed by atoms with Crippen LogP contribution in [-0.2, 0) is 25.6 Å². The summed E-state index contributed by atoms with van der Waals surface area (Å²) in [4.78, 5) is 51.2. The highest BCUT2D eigenvalue weighted by Gasteiger charge is 2.34. The summed E-state index contributed by atoms with van der Waals surface area (Å²) in [6.07, 6.45) is 0.337. The third-order valence-electron chi connectivity index (χ3n) is 4.60. The number of nitrogens with one attached hydrogen (secondary N) is 1. The quantitative estimate of drug-likeness (QED) is 0.657. The molecule has 1 heterocycles.